The number of likely N-dealkylation sites (tertiary alicyclic amines) is 1. The third kappa shape index (κ3) is 4.23. The number of carbonyl (C=O) groups excluding carboxylic acids is 2. The van der Waals surface area contributed by atoms with Gasteiger partial charge in [-0.3, -0.25) is 9.59 Å². The summed E-state index contributed by atoms with van der Waals surface area (Å²) in [4.78, 5) is 35.0. The van der Waals surface area contributed by atoms with Crippen LogP contribution in [0.25, 0.3) is 0 Å². The van der Waals surface area contributed by atoms with Gasteiger partial charge in [0, 0.05) is 13.1 Å². The van der Waals surface area contributed by atoms with Crippen molar-refractivity contribution in [2.45, 2.75) is 19.8 Å². The van der Waals surface area contributed by atoms with E-state index in [2.05, 4.69) is 10.1 Å². The fourth-order valence-corrected chi connectivity index (χ4v) is 1.83. The molecule has 2 N–H and O–H groups in total. The van der Waals surface area contributed by atoms with Crippen molar-refractivity contribution < 1.29 is 24.2 Å². The van der Waals surface area contributed by atoms with E-state index in [-0.39, 0.29) is 19.7 Å². The zero-order chi connectivity index (χ0) is 13.5. The smallest absolute Gasteiger partial charge is 0.325 e. The van der Waals surface area contributed by atoms with Crippen LogP contribution in [0.15, 0.2) is 0 Å². The van der Waals surface area contributed by atoms with Crippen LogP contribution >= 0.6 is 0 Å². The third-order valence-corrected chi connectivity index (χ3v) is 2.75. The van der Waals surface area contributed by atoms with Gasteiger partial charge in [0.2, 0.25) is 0 Å². The first-order valence-electron chi connectivity index (χ1n) is 5.95. The number of hydrogen-bond acceptors (Lipinski definition) is 4. The van der Waals surface area contributed by atoms with Gasteiger partial charge in [-0.25, -0.2) is 4.79 Å². The first-order valence-corrected chi connectivity index (χ1v) is 5.95. The summed E-state index contributed by atoms with van der Waals surface area (Å²) in [7, 11) is 0. The van der Waals surface area contributed by atoms with Crippen LogP contribution in [-0.2, 0) is 14.3 Å². The Labute approximate surface area is 105 Å². The average molecular weight is 258 g/mol. The summed E-state index contributed by atoms with van der Waals surface area (Å²) in [5.74, 6) is -1.91. The van der Waals surface area contributed by atoms with Crippen LogP contribution in [0.3, 0.4) is 0 Å². The van der Waals surface area contributed by atoms with E-state index in [4.69, 9.17) is 5.11 Å². The minimum absolute atomic E-state index is 0.185. The molecule has 0 bridgehead atoms. The standard InChI is InChI=1S/C11H18N2O5/c1-2-18-9(14)6-12-11(17)13-5-3-4-8(7-13)10(15)16/h8H,2-7H2,1H3,(H,12,17)(H,15,16). The van der Waals surface area contributed by atoms with Gasteiger partial charge in [-0.15, -0.1) is 0 Å². The lowest BCUT2D eigenvalue weighted by molar-refractivity contribution is -0.144. The van der Waals surface area contributed by atoms with Crippen molar-refractivity contribution in [2.24, 2.45) is 5.92 Å². The average Bonchev–Trinajstić information content (AvgIpc) is 2.36. The molecule has 1 saturated heterocycles. The maximum absolute atomic E-state index is 11.7. The SMILES string of the molecule is CCOC(=O)CNC(=O)N1CCCC(C(=O)O)C1. The highest BCUT2D eigenvalue weighted by Crippen LogP contribution is 2.16. The number of esters is 1. The number of amides is 2. The van der Waals surface area contributed by atoms with Gasteiger partial charge in [0.25, 0.3) is 0 Å². The lowest BCUT2D eigenvalue weighted by Crippen LogP contribution is -2.48. The molecule has 1 unspecified atom stereocenters. The first-order chi connectivity index (χ1) is 8.54. The Morgan fingerprint density at radius 1 is 1.44 bits per heavy atom. The van der Waals surface area contributed by atoms with E-state index in [1.165, 1.54) is 4.90 Å². The second-order valence-corrected chi connectivity index (χ2v) is 4.09. The molecule has 7 nitrogen and oxygen atoms in total. The zero-order valence-electron chi connectivity index (χ0n) is 10.3. The molecule has 7 heteroatoms. The van der Waals surface area contributed by atoms with Crippen molar-refractivity contribution in [1.82, 2.24) is 10.2 Å². The van der Waals surface area contributed by atoms with E-state index in [0.717, 1.165) is 0 Å². The lowest BCUT2D eigenvalue weighted by Gasteiger charge is -2.30. The molecule has 1 atom stereocenters. The predicted molar refractivity (Wildman–Crippen MR) is 62.0 cm³/mol. The molecule has 18 heavy (non-hydrogen) atoms. The summed E-state index contributed by atoms with van der Waals surface area (Å²) in [5.41, 5.74) is 0. The Morgan fingerprint density at radius 3 is 2.78 bits per heavy atom. The number of carbonyl (C=O) groups is 3. The number of nitrogens with one attached hydrogen (secondary N) is 1. The third-order valence-electron chi connectivity index (χ3n) is 2.75. The number of urea groups is 1. The van der Waals surface area contributed by atoms with E-state index >= 15 is 0 Å². The number of hydrogen-bond donors (Lipinski definition) is 2. The van der Waals surface area contributed by atoms with Crippen molar-refractivity contribution >= 4 is 18.0 Å². The molecule has 102 valence electrons. The number of aliphatic carboxylic acids is 1. The van der Waals surface area contributed by atoms with E-state index in [9.17, 15) is 14.4 Å². The highest BCUT2D eigenvalue weighted by atomic mass is 16.5. The molecule has 1 fully saturated rings. The van der Waals surface area contributed by atoms with Crippen molar-refractivity contribution in [3.63, 3.8) is 0 Å². The summed E-state index contributed by atoms with van der Waals surface area (Å²) in [6, 6.07) is -0.422. The van der Waals surface area contributed by atoms with Gasteiger partial charge in [0.1, 0.15) is 6.54 Å². The van der Waals surface area contributed by atoms with Crippen LogP contribution in [0.1, 0.15) is 19.8 Å². The number of rotatable bonds is 4. The van der Waals surface area contributed by atoms with Crippen LogP contribution in [-0.4, -0.2) is 54.2 Å². The van der Waals surface area contributed by atoms with Gasteiger partial charge in [0.15, 0.2) is 0 Å². The minimum atomic E-state index is -0.891. The molecule has 0 aliphatic carbocycles. The van der Waals surface area contributed by atoms with E-state index < -0.39 is 23.9 Å². The Hall–Kier alpha value is -1.79. The van der Waals surface area contributed by atoms with Crippen LogP contribution in [0, 0.1) is 5.92 Å². The van der Waals surface area contributed by atoms with Crippen molar-refractivity contribution in [3.8, 4) is 0 Å². The molecule has 0 radical (unpaired) electrons. The Balaban J connectivity index is 2.37. The van der Waals surface area contributed by atoms with Crippen LogP contribution < -0.4 is 5.32 Å². The molecule has 0 aromatic carbocycles. The predicted octanol–water partition coefficient (Wildman–Crippen LogP) is 0.0557. The van der Waals surface area contributed by atoms with Crippen LogP contribution in [0.5, 0.6) is 0 Å². The number of nitrogens with zero attached hydrogens (tertiary/aromatic N) is 1. The van der Waals surface area contributed by atoms with E-state index in [0.29, 0.717) is 19.4 Å². The lowest BCUT2D eigenvalue weighted by atomic mass is 9.99. The van der Waals surface area contributed by atoms with Crippen molar-refractivity contribution in [3.05, 3.63) is 0 Å². The molecule has 2 amide bonds. The van der Waals surface area contributed by atoms with Gasteiger partial charge < -0.3 is 20.1 Å². The van der Waals surface area contributed by atoms with Gasteiger partial charge in [-0.1, -0.05) is 0 Å². The van der Waals surface area contributed by atoms with Gasteiger partial charge in [0.05, 0.1) is 12.5 Å². The first kappa shape index (κ1) is 14.3. The number of piperidine rings is 1. The Morgan fingerprint density at radius 2 is 2.17 bits per heavy atom. The molecule has 0 saturated carbocycles. The summed E-state index contributed by atoms with van der Waals surface area (Å²) in [5, 5.41) is 11.3. The molecule has 1 heterocycles. The normalized spacial score (nSPS) is 19.2. The summed E-state index contributed by atoms with van der Waals surface area (Å²) in [6.07, 6.45) is 1.24. The fraction of sp³-hybridized carbons (Fsp3) is 0.727. The van der Waals surface area contributed by atoms with Gasteiger partial charge >= 0.3 is 18.0 Å². The molecule has 0 spiro atoms. The van der Waals surface area contributed by atoms with Gasteiger partial charge in [-0.05, 0) is 19.8 Å². The maximum Gasteiger partial charge on any atom is 0.325 e. The van der Waals surface area contributed by atoms with Crippen molar-refractivity contribution in [1.29, 1.82) is 0 Å². The summed E-state index contributed by atoms with van der Waals surface area (Å²) >= 11 is 0. The zero-order valence-corrected chi connectivity index (χ0v) is 10.3. The fourth-order valence-electron chi connectivity index (χ4n) is 1.83. The molecule has 0 aromatic rings. The number of ether oxygens (including phenoxy) is 1. The topological polar surface area (TPSA) is 95.9 Å². The second kappa shape index (κ2) is 6.83. The summed E-state index contributed by atoms with van der Waals surface area (Å²) < 4.78 is 4.67. The van der Waals surface area contributed by atoms with Crippen molar-refractivity contribution in [2.75, 3.05) is 26.2 Å². The van der Waals surface area contributed by atoms with Gasteiger partial charge in [-0.2, -0.15) is 0 Å². The molecular formula is C11H18N2O5. The molecule has 1 aliphatic rings. The number of carboxylic acids is 1. The maximum atomic E-state index is 11.7. The summed E-state index contributed by atoms with van der Waals surface area (Å²) in [6.45, 7) is 2.45. The monoisotopic (exact) mass is 258 g/mol. The largest absolute Gasteiger partial charge is 0.481 e. The van der Waals surface area contributed by atoms with Crippen LogP contribution in [0.2, 0.25) is 0 Å². The molecule has 1 aliphatic heterocycles. The second-order valence-electron chi connectivity index (χ2n) is 4.09. The molecule has 0 aromatic heterocycles. The number of carboxylic acid groups (broad SMARTS) is 1. The Kier molecular flexibility index (Phi) is 5.41. The highest BCUT2D eigenvalue weighted by Gasteiger charge is 2.28. The molecule has 1 rings (SSSR count). The van der Waals surface area contributed by atoms with E-state index in [1.807, 2.05) is 0 Å². The quantitative estimate of drug-likeness (QED) is 0.695. The minimum Gasteiger partial charge on any atom is -0.481 e. The van der Waals surface area contributed by atoms with Crippen LogP contribution in [0.4, 0.5) is 4.79 Å². The highest BCUT2D eigenvalue weighted by molar-refractivity contribution is 5.81. The molecular weight excluding hydrogens is 240 g/mol. The van der Waals surface area contributed by atoms with E-state index in [1.54, 1.807) is 6.92 Å². The Bertz CT molecular complexity index is 331.